The minimum atomic E-state index is -1.83. The van der Waals surface area contributed by atoms with E-state index < -0.39 is 6.16 Å². The van der Waals surface area contributed by atoms with Gasteiger partial charge in [-0.1, -0.05) is 45.4 Å². The zero-order valence-electron chi connectivity index (χ0n) is 9.04. The van der Waals surface area contributed by atoms with E-state index in [-0.39, 0.29) is 0 Å². The summed E-state index contributed by atoms with van der Waals surface area (Å²) in [5.41, 5.74) is 5.37. The van der Waals surface area contributed by atoms with Crippen molar-refractivity contribution in [1.82, 2.24) is 0 Å². The predicted molar refractivity (Wildman–Crippen MR) is 57.7 cm³/mol. The second-order valence-electron chi connectivity index (χ2n) is 3.19. The minimum absolute atomic E-state index is 0.869. The van der Waals surface area contributed by atoms with Gasteiger partial charge in [0.1, 0.15) is 0 Å². The van der Waals surface area contributed by atoms with Gasteiger partial charge >= 0.3 is 6.16 Å². The first-order chi connectivity index (χ1) is 6.65. The van der Waals surface area contributed by atoms with Crippen molar-refractivity contribution in [2.24, 2.45) is 5.73 Å². The number of carbonyl (C=O) groups is 1. The highest BCUT2D eigenvalue weighted by Gasteiger charge is 1.87. The predicted octanol–water partition coefficient (Wildman–Crippen LogP) is 2.92. The zero-order chi connectivity index (χ0) is 11.2. The summed E-state index contributed by atoms with van der Waals surface area (Å²) < 4.78 is 0. The topological polar surface area (TPSA) is 83.6 Å². The molecule has 0 radical (unpaired) electrons. The maximum absolute atomic E-state index is 8.56. The quantitative estimate of drug-likeness (QED) is 0.558. The number of carboxylic acid groups (broad SMARTS) is 2. The average molecular weight is 205 g/mol. The van der Waals surface area contributed by atoms with Crippen molar-refractivity contribution in [3.05, 3.63) is 0 Å². The van der Waals surface area contributed by atoms with Crippen LogP contribution in [0.5, 0.6) is 0 Å². The first-order valence-electron chi connectivity index (χ1n) is 5.27. The lowest BCUT2D eigenvalue weighted by molar-refractivity contribution is 0.137. The van der Waals surface area contributed by atoms with Crippen LogP contribution in [-0.4, -0.2) is 22.9 Å². The summed E-state index contributed by atoms with van der Waals surface area (Å²) >= 11 is 0. The van der Waals surface area contributed by atoms with Crippen molar-refractivity contribution in [3.8, 4) is 0 Å². The molecule has 0 aliphatic heterocycles. The summed E-state index contributed by atoms with van der Waals surface area (Å²) in [5, 5.41) is 13.9. The van der Waals surface area contributed by atoms with E-state index in [2.05, 4.69) is 6.92 Å². The highest BCUT2D eigenvalue weighted by Crippen LogP contribution is 2.05. The number of hydrogen-bond acceptors (Lipinski definition) is 2. The fourth-order valence-electron chi connectivity index (χ4n) is 1.10. The van der Waals surface area contributed by atoms with Gasteiger partial charge in [0.2, 0.25) is 0 Å². The summed E-state index contributed by atoms with van der Waals surface area (Å²) in [7, 11) is 0. The average Bonchev–Trinajstić information content (AvgIpc) is 2.10. The van der Waals surface area contributed by atoms with Gasteiger partial charge in [-0.2, -0.15) is 0 Å². The molecule has 0 atom stereocenters. The summed E-state index contributed by atoms with van der Waals surface area (Å²) in [4.78, 5) is 8.56. The molecule has 0 aromatic rings. The molecule has 0 bridgehead atoms. The van der Waals surface area contributed by atoms with Crippen molar-refractivity contribution in [2.75, 3.05) is 6.54 Å². The summed E-state index contributed by atoms with van der Waals surface area (Å²) in [6.07, 6.45) is 7.68. The van der Waals surface area contributed by atoms with Gasteiger partial charge in [-0.15, -0.1) is 0 Å². The van der Waals surface area contributed by atoms with Crippen LogP contribution >= 0.6 is 0 Å². The monoisotopic (exact) mass is 205 g/mol. The van der Waals surface area contributed by atoms with Gasteiger partial charge in [0, 0.05) is 0 Å². The maximum Gasteiger partial charge on any atom is 0.503 e. The molecule has 0 fully saturated rings. The Morgan fingerprint density at radius 2 is 1.36 bits per heavy atom. The third kappa shape index (κ3) is 30.3. The lowest BCUT2D eigenvalue weighted by atomic mass is 10.1. The fraction of sp³-hybridized carbons (Fsp3) is 0.900. The van der Waals surface area contributed by atoms with E-state index in [1.54, 1.807) is 0 Å². The first kappa shape index (κ1) is 15.7. The molecule has 0 aromatic carbocycles. The van der Waals surface area contributed by atoms with Gasteiger partial charge in [0.15, 0.2) is 0 Å². The lowest BCUT2D eigenvalue weighted by Crippen LogP contribution is -1.97. The molecule has 0 amide bonds. The van der Waals surface area contributed by atoms with E-state index in [1.807, 2.05) is 0 Å². The molecule has 0 saturated heterocycles. The third-order valence-corrected chi connectivity index (χ3v) is 1.81. The van der Waals surface area contributed by atoms with Crippen molar-refractivity contribution < 1.29 is 15.0 Å². The molecule has 0 saturated carbocycles. The third-order valence-electron chi connectivity index (χ3n) is 1.81. The number of hydrogen-bond donors (Lipinski definition) is 3. The lowest BCUT2D eigenvalue weighted by Gasteiger charge is -1.97. The summed E-state index contributed by atoms with van der Waals surface area (Å²) in [6, 6.07) is 0. The smallest absolute Gasteiger partial charge is 0.450 e. The van der Waals surface area contributed by atoms with Crippen molar-refractivity contribution >= 4 is 6.16 Å². The van der Waals surface area contributed by atoms with Crippen LogP contribution < -0.4 is 5.73 Å². The molecular formula is C10H23NO3. The van der Waals surface area contributed by atoms with Crippen LogP contribution in [0.4, 0.5) is 4.79 Å². The van der Waals surface area contributed by atoms with E-state index in [1.165, 1.54) is 44.9 Å². The molecule has 0 aliphatic carbocycles. The molecule has 4 N–H and O–H groups in total. The Kier molecular flexibility index (Phi) is 16.5. The van der Waals surface area contributed by atoms with Gasteiger partial charge in [-0.05, 0) is 13.0 Å². The van der Waals surface area contributed by atoms with Crippen LogP contribution in [0.25, 0.3) is 0 Å². The molecule has 0 unspecified atom stereocenters. The van der Waals surface area contributed by atoms with Crippen LogP contribution in [0.15, 0.2) is 0 Å². The fourth-order valence-corrected chi connectivity index (χ4v) is 1.10. The number of rotatable bonds is 7. The zero-order valence-corrected chi connectivity index (χ0v) is 9.04. The van der Waals surface area contributed by atoms with Crippen molar-refractivity contribution in [1.29, 1.82) is 0 Å². The summed E-state index contributed by atoms with van der Waals surface area (Å²) in [5.74, 6) is 0. The molecule has 4 nitrogen and oxygen atoms in total. The number of unbranched alkanes of at least 4 members (excludes halogenated alkanes) is 6. The molecule has 0 heterocycles. The van der Waals surface area contributed by atoms with Crippen LogP contribution in [0.1, 0.15) is 51.9 Å². The van der Waals surface area contributed by atoms with E-state index in [4.69, 9.17) is 20.7 Å². The molecular weight excluding hydrogens is 182 g/mol. The second-order valence-corrected chi connectivity index (χ2v) is 3.19. The van der Waals surface area contributed by atoms with Crippen LogP contribution in [0, 0.1) is 0 Å². The Morgan fingerprint density at radius 3 is 1.71 bits per heavy atom. The van der Waals surface area contributed by atoms with E-state index in [9.17, 15) is 0 Å². The maximum atomic E-state index is 8.56. The van der Waals surface area contributed by atoms with E-state index >= 15 is 0 Å². The van der Waals surface area contributed by atoms with E-state index in [0.717, 1.165) is 6.54 Å². The molecule has 4 heteroatoms. The van der Waals surface area contributed by atoms with Crippen LogP contribution in [0.2, 0.25) is 0 Å². The number of nitrogens with two attached hydrogens (primary N) is 1. The molecule has 0 spiro atoms. The van der Waals surface area contributed by atoms with Crippen LogP contribution in [-0.2, 0) is 0 Å². The molecule has 86 valence electrons. The Hall–Kier alpha value is -0.770. The van der Waals surface area contributed by atoms with Crippen molar-refractivity contribution in [3.63, 3.8) is 0 Å². The van der Waals surface area contributed by atoms with Crippen LogP contribution in [0.3, 0.4) is 0 Å². The molecule has 0 aliphatic rings. The van der Waals surface area contributed by atoms with Gasteiger partial charge in [-0.3, -0.25) is 0 Å². The first-order valence-corrected chi connectivity index (χ1v) is 5.27. The Labute approximate surface area is 86.1 Å². The molecule has 14 heavy (non-hydrogen) atoms. The van der Waals surface area contributed by atoms with Gasteiger partial charge in [0.25, 0.3) is 0 Å². The Bertz CT molecular complexity index is 106. The van der Waals surface area contributed by atoms with Gasteiger partial charge in [0.05, 0.1) is 0 Å². The highest BCUT2D eigenvalue weighted by atomic mass is 16.6. The van der Waals surface area contributed by atoms with Crippen molar-refractivity contribution in [2.45, 2.75) is 51.9 Å². The minimum Gasteiger partial charge on any atom is -0.450 e. The van der Waals surface area contributed by atoms with Gasteiger partial charge in [-0.25, -0.2) is 4.79 Å². The molecule has 0 aromatic heterocycles. The van der Waals surface area contributed by atoms with Gasteiger partial charge < -0.3 is 15.9 Å². The molecule has 0 rings (SSSR count). The Morgan fingerprint density at radius 1 is 1.00 bits per heavy atom. The second kappa shape index (κ2) is 14.7. The SMILES string of the molecule is CCCCCCCCCN.O=C(O)O. The van der Waals surface area contributed by atoms with E-state index in [0.29, 0.717) is 0 Å². The normalized spacial score (nSPS) is 9.00. The largest absolute Gasteiger partial charge is 0.503 e. The highest BCUT2D eigenvalue weighted by molar-refractivity contribution is 5.53. The summed E-state index contributed by atoms with van der Waals surface area (Å²) in [6.45, 7) is 3.12. The standard InChI is InChI=1S/C9H21N.CH2O3/c1-2-3-4-5-6-7-8-9-10;2-1(3)4/h2-10H2,1H3;(H2,2,3,4). The Balaban J connectivity index is 0.